The third-order valence-electron chi connectivity index (χ3n) is 8.23. The molecule has 0 aliphatic rings. The van der Waals surface area contributed by atoms with Gasteiger partial charge in [0.05, 0.1) is 17.0 Å². The molecule has 0 aliphatic heterocycles. The highest BCUT2D eigenvalue weighted by Crippen LogP contribution is 2.29. The van der Waals surface area contributed by atoms with Gasteiger partial charge in [0.2, 0.25) is 21.8 Å². The number of sulfonamides is 1. The molecule has 0 spiro atoms. The Balaban J connectivity index is 2.31. The van der Waals surface area contributed by atoms with Crippen molar-refractivity contribution in [2.75, 3.05) is 14.1 Å². The van der Waals surface area contributed by atoms with E-state index in [1.807, 2.05) is 83.5 Å². The minimum absolute atomic E-state index is 0.0330. The number of nitrogens with zero attached hydrogens (tertiary/aromatic N) is 2. The Labute approximate surface area is 278 Å². The number of likely N-dealkylation sites (N-methyl/N-ethyl adjacent to an activating group) is 2. The number of nitro groups is 1. The van der Waals surface area contributed by atoms with Crippen LogP contribution in [0.4, 0.5) is 5.69 Å². The van der Waals surface area contributed by atoms with Crippen LogP contribution in [0.1, 0.15) is 66.5 Å². The highest BCUT2D eigenvalue weighted by atomic mass is 32.2. The van der Waals surface area contributed by atoms with Crippen molar-refractivity contribution in [2.24, 2.45) is 11.3 Å². The fraction of sp³-hybridized carbons (Fsp3) is 0.500. The molecular formula is C34H49N5O7S. The van der Waals surface area contributed by atoms with Gasteiger partial charge in [0.1, 0.15) is 11.8 Å². The Morgan fingerprint density at radius 3 is 2.02 bits per heavy atom. The Morgan fingerprint density at radius 1 is 0.957 bits per heavy atom. The predicted molar refractivity (Wildman–Crippen MR) is 183 cm³/mol. The van der Waals surface area contributed by atoms with Crippen molar-refractivity contribution in [3.05, 3.63) is 87.5 Å². The standard InChI is InChI=1S/C34H49N5O7S/c1-22(2)27(20-23(3)30(40)37-47(45,46)21-24-16-14-15-19-26(24)39(43)44)38(10)32(42)29(33(4,5)6)36-31(41)28(35-9)34(7,8)25-17-12-11-13-18-25/h11-20,22,27-29,35H,21H2,1-10H3,(H,36,41)(H,37,40)/b23-20+/t27-,28-,29-/m1/s1. The quantitative estimate of drug-likeness (QED) is 0.154. The lowest BCUT2D eigenvalue weighted by Gasteiger charge is -2.40. The first kappa shape index (κ1) is 39.1. The van der Waals surface area contributed by atoms with E-state index in [0.29, 0.717) is 0 Å². The summed E-state index contributed by atoms with van der Waals surface area (Å²) in [6.45, 7) is 14.6. The van der Waals surface area contributed by atoms with Gasteiger partial charge in [0.15, 0.2) is 0 Å². The molecule has 0 aliphatic carbocycles. The van der Waals surface area contributed by atoms with E-state index in [9.17, 15) is 32.9 Å². The average molecular weight is 672 g/mol. The van der Waals surface area contributed by atoms with Crippen molar-refractivity contribution in [2.45, 2.75) is 84.7 Å². The topological polar surface area (TPSA) is 168 Å². The van der Waals surface area contributed by atoms with Crippen molar-refractivity contribution < 1.29 is 27.7 Å². The van der Waals surface area contributed by atoms with Crippen LogP contribution in [0.15, 0.2) is 66.2 Å². The minimum atomic E-state index is -4.30. The summed E-state index contributed by atoms with van der Waals surface area (Å²) in [5.74, 6) is -2.62. The van der Waals surface area contributed by atoms with Crippen LogP contribution in [0.25, 0.3) is 0 Å². The molecular weight excluding hydrogens is 622 g/mol. The zero-order valence-corrected chi connectivity index (χ0v) is 29.8. The summed E-state index contributed by atoms with van der Waals surface area (Å²) in [7, 11) is -1.02. The molecule has 2 aromatic rings. The minimum Gasteiger partial charge on any atom is -0.342 e. The van der Waals surface area contributed by atoms with Crippen molar-refractivity contribution in [1.29, 1.82) is 0 Å². The average Bonchev–Trinajstić information content (AvgIpc) is 2.97. The number of carbonyl (C=O) groups excluding carboxylic acids is 3. The molecule has 47 heavy (non-hydrogen) atoms. The number of benzene rings is 2. The molecule has 0 heterocycles. The van der Waals surface area contributed by atoms with Crippen molar-refractivity contribution in [3.63, 3.8) is 0 Å². The smallest absolute Gasteiger partial charge is 0.273 e. The molecule has 13 heteroatoms. The van der Waals surface area contributed by atoms with Crippen molar-refractivity contribution in [3.8, 4) is 0 Å². The van der Waals surface area contributed by atoms with E-state index < -0.39 is 55.6 Å². The van der Waals surface area contributed by atoms with Crippen LogP contribution in [0, 0.1) is 21.4 Å². The number of nitrogens with one attached hydrogen (secondary N) is 3. The lowest BCUT2D eigenvalue weighted by Crippen LogP contribution is -2.61. The Hall–Kier alpha value is -4.10. The first-order valence-corrected chi connectivity index (χ1v) is 17.0. The maximum absolute atomic E-state index is 14.1. The van der Waals surface area contributed by atoms with Crippen LogP contribution in [-0.4, -0.2) is 68.2 Å². The molecule has 2 aromatic carbocycles. The third-order valence-corrected chi connectivity index (χ3v) is 9.42. The van der Waals surface area contributed by atoms with Gasteiger partial charge in [0, 0.05) is 29.7 Å². The number of hydrogen-bond donors (Lipinski definition) is 3. The maximum Gasteiger partial charge on any atom is 0.273 e. The van der Waals surface area contributed by atoms with Crippen LogP contribution in [0.3, 0.4) is 0 Å². The number of amides is 3. The maximum atomic E-state index is 14.1. The molecule has 0 saturated heterocycles. The first-order valence-electron chi connectivity index (χ1n) is 15.4. The van der Waals surface area contributed by atoms with Crippen molar-refractivity contribution >= 4 is 33.4 Å². The SMILES string of the molecule is CN[C@H](C(=O)N[C@H](C(=O)N(C)[C@H](/C=C(\C)C(=O)NS(=O)(=O)Cc1ccccc1[N+](=O)[O-])C(C)C)C(C)(C)C)C(C)(C)c1ccccc1. The molecule has 0 bridgehead atoms. The third kappa shape index (κ3) is 10.2. The molecule has 258 valence electrons. The summed E-state index contributed by atoms with van der Waals surface area (Å²) < 4.78 is 27.6. The number of hydrogen-bond acceptors (Lipinski definition) is 8. The molecule has 2 rings (SSSR count). The van der Waals surface area contributed by atoms with Gasteiger partial charge >= 0.3 is 0 Å². The zero-order chi connectivity index (χ0) is 35.9. The van der Waals surface area contributed by atoms with Gasteiger partial charge in [-0.1, -0.05) is 103 Å². The van der Waals surface area contributed by atoms with Gasteiger partial charge in [-0.25, -0.2) is 13.1 Å². The van der Waals surface area contributed by atoms with Gasteiger partial charge in [-0.3, -0.25) is 24.5 Å². The van der Waals surface area contributed by atoms with E-state index in [2.05, 4.69) is 10.6 Å². The number of nitro benzene ring substituents is 1. The summed E-state index contributed by atoms with van der Waals surface area (Å²) in [4.78, 5) is 53.0. The van der Waals surface area contributed by atoms with Crippen LogP contribution in [0.5, 0.6) is 0 Å². The zero-order valence-electron chi connectivity index (χ0n) is 29.0. The van der Waals surface area contributed by atoms with Crippen molar-refractivity contribution in [1.82, 2.24) is 20.3 Å². The second kappa shape index (κ2) is 15.7. The molecule has 0 saturated carbocycles. The van der Waals surface area contributed by atoms with Gasteiger partial charge in [-0.05, 0) is 30.9 Å². The summed E-state index contributed by atoms with van der Waals surface area (Å²) >= 11 is 0. The van der Waals surface area contributed by atoms with E-state index in [-0.39, 0.29) is 34.6 Å². The number of rotatable bonds is 14. The predicted octanol–water partition coefficient (Wildman–Crippen LogP) is 4.07. The first-order chi connectivity index (χ1) is 21.6. The lowest BCUT2D eigenvalue weighted by atomic mass is 9.76. The molecule has 0 aromatic heterocycles. The van der Waals surface area contributed by atoms with Crippen LogP contribution in [-0.2, 0) is 35.6 Å². The molecule has 0 unspecified atom stereocenters. The number of para-hydroxylation sites is 1. The molecule has 12 nitrogen and oxygen atoms in total. The lowest BCUT2D eigenvalue weighted by molar-refractivity contribution is -0.385. The van der Waals surface area contributed by atoms with Gasteiger partial charge in [-0.2, -0.15) is 0 Å². The van der Waals surface area contributed by atoms with Gasteiger partial charge in [-0.15, -0.1) is 0 Å². The van der Waals surface area contributed by atoms with Crippen LogP contribution >= 0.6 is 0 Å². The molecule has 0 fully saturated rings. The van der Waals surface area contributed by atoms with Gasteiger partial charge in [0.25, 0.3) is 11.6 Å². The summed E-state index contributed by atoms with van der Waals surface area (Å²) in [6.07, 6.45) is 1.51. The molecule has 0 radical (unpaired) electrons. The molecule has 3 N–H and O–H groups in total. The fourth-order valence-electron chi connectivity index (χ4n) is 5.44. The largest absolute Gasteiger partial charge is 0.342 e. The van der Waals surface area contributed by atoms with E-state index in [0.717, 1.165) is 5.56 Å². The monoisotopic (exact) mass is 671 g/mol. The molecule has 3 atom stereocenters. The van der Waals surface area contributed by atoms with E-state index in [4.69, 9.17) is 0 Å². The summed E-state index contributed by atoms with van der Waals surface area (Å²) in [5, 5.41) is 17.4. The van der Waals surface area contributed by atoms with E-state index in [1.165, 1.54) is 42.2 Å². The Kier molecular flexibility index (Phi) is 13.0. The second-order valence-electron chi connectivity index (χ2n) is 13.7. The highest BCUT2D eigenvalue weighted by Gasteiger charge is 2.41. The molecule has 3 amide bonds. The summed E-state index contributed by atoms with van der Waals surface area (Å²) in [6, 6.07) is 12.8. The highest BCUT2D eigenvalue weighted by molar-refractivity contribution is 7.89. The Morgan fingerprint density at radius 2 is 1.51 bits per heavy atom. The van der Waals surface area contributed by atoms with Gasteiger partial charge < -0.3 is 15.5 Å². The second-order valence-corrected chi connectivity index (χ2v) is 15.4. The van der Waals surface area contributed by atoms with Crippen LogP contribution in [0.2, 0.25) is 0 Å². The fourth-order valence-corrected chi connectivity index (χ4v) is 6.60. The normalized spacial score (nSPS) is 14.6. The number of carbonyl (C=O) groups is 3. The Bertz CT molecular complexity index is 1580. The summed E-state index contributed by atoms with van der Waals surface area (Å²) in [5.41, 5.74) is -0.756. The van der Waals surface area contributed by atoms with E-state index in [1.54, 1.807) is 14.1 Å². The van der Waals surface area contributed by atoms with Crippen LogP contribution < -0.4 is 15.4 Å². The van der Waals surface area contributed by atoms with E-state index >= 15 is 0 Å².